The van der Waals surface area contributed by atoms with Crippen LogP contribution >= 0.6 is 0 Å². The van der Waals surface area contributed by atoms with Crippen LogP contribution in [0.4, 0.5) is 0 Å². The fourth-order valence-electron chi connectivity index (χ4n) is 8.78. The van der Waals surface area contributed by atoms with Gasteiger partial charge < -0.3 is 10.2 Å². The molecule has 0 spiro atoms. The Balaban J connectivity index is 1.52. The van der Waals surface area contributed by atoms with E-state index in [0.717, 1.165) is 42.9 Å². The van der Waals surface area contributed by atoms with Gasteiger partial charge in [0.25, 0.3) is 0 Å². The maximum Gasteiger partial charge on any atom is 0.0759 e. The minimum Gasteiger partial charge on any atom is -0.389 e. The number of aliphatic hydroxyl groups is 2. The van der Waals surface area contributed by atoms with Crippen molar-refractivity contribution in [1.82, 2.24) is 0 Å². The molecular formula is C27H46O2. The molecule has 0 radical (unpaired) electrons. The first-order valence-electron chi connectivity index (χ1n) is 12.7. The predicted molar refractivity (Wildman–Crippen MR) is 120 cm³/mol. The lowest BCUT2D eigenvalue weighted by atomic mass is 9.46. The maximum absolute atomic E-state index is 11.1. The van der Waals surface area contributed by atoms with Gasteiger partial charge in [0.15, 0.2) is 0 Å². The van der Waals surface area contributed by atoms with Crippen LogP contribution in [0.25, 0.3) is 0 Å². The molecule has 2 heteroatoms. The molecule has 166 valence electrons. The average Bonchev–Trinajstić information content (AvgIpc) is 3.00. The summed E-state index contributed by atoms with van der Waals surface area (Å²) in [7, 11) is 0. The quantitative estimate of drug-likeness (QED) is 0.525. The second kappa shape index (κ2) is 7.97. The molecule has 0 heterocycles. The van der Waals surface area contributed by atoms with E-state index in [9.17, 15) is 10.2 Å². The first kappa shape index (κ1) is 21.9. The Morgan fingerprint density at radius 3 is 2.45 bits per heavy atom. The Morgan fingerprint density at radius 1 is 0.966 bits per heavy atom. The standard InChI is InChI=1S/C27H46O2/c1-17(2)7-6-8-18(3)21-9-10-22-20-16-25(29)24-15-19(28)11-13-27(24,5)23(20)12-14-26(21,22)4/h15,17-23,25,28-29H,6-14,16H2,1-5H3/t18-,19+,20+,21-,22+,23+,25-,26-,27-/m1/s1. The van der Waals surface area contributed by atoms with Crippen LogP contribution in [0.3, 0.4) is 0 Å². The largest absolute Gasteiger partial charge is 0.389 e. The van der Waals surface area contributed by atoms with Gasteiger partial charge in [-0.2, -0.15) is 0 Å². The first-order valence-corrected chi connectivity index (χ1v) is 12.7. The van der Waals surface area contributed by atoms with Gasteiger partial charge in [0.1, 0.15) is 0 Å². The summed E-state index contributed by atoms with van der Waals surface area (Å²) >= 11 is 0. The van der Waals surface area contributed by atoms with Crippen molar-refractivity contribution in [3.8, 4) is 0 Å². The summed E-state index contributed by atoms with van der Waals surface area (Å²) in [6, 6.07) is 0. The molecule has 0 amide bonds. The molecule has 4 rings (SSSR count). The normalized spacial score (nSPS) is 47.9. The molecule has 4 aliphatic rings. The molecule has 2 nitrogen and oxygen atoms in total. The summed E-state index contributed by atoms with van der Waals surface area (Å²) < 4.78 is 0. The van der Waals surface area contributed by atoms with Crippen molar-refractivity contribution in [2.45, 2.75) is 111 Å². The van der Waals surface area contributed by atoms with Crippen LogP contribution in [0, 0.1) is 46.3 Å². The highest BCUT2D eigenvalue weighted by molar-refractivity contribution is 5.29. The summed E-state index contributed by atoms with van der Waals surface area (Å²) in [6.07, 6.45) is 13.8. The van der Waals surface area contributed by atoms with Gasteiger partial charge in [-0.1, -0.05) is 60.0 Å². The molecular weight excluding hydrogens is 356 g/mol. The van der Waals surface area contributed by atoms with Gasteiger partial charge in [0.05, 0.1) is 12.2 Å². The fourth-order valence-corrected chi connectivity index (χ4v) is 8.78. The van der Waals surface area contributed by atoms with Crippen LogP contribution in [-0.4, -0.2) is 22.4 Å². The highest BCUT2D eigenvalue weighted by atomic mass is 16.3. The summed E-state index contributed by atoms with van der Waals surface area (Å²) in [5.41, 5.74) is 1.77. The van der Waals surface area contributed by atoms with Crippen molar-refractivity contribution in [2.24, 2.45) is 46.3 Å². The van der Waals surface area contributed by atoms with Gasteiger partial charge in [-0.3, -0.25) is 0 Å². The molecule has 0 aromatic carbocycles. The molecule has 2 N–H and O–H groups in total. The number of aliphatic hydroxyl groups excluding tert-OH is 2. The topological polar surface area (TPSA) is 40.5 Å². The number of fused-ring (bicyclic) bond motifs is 5. The van der Waals surface area contributed by atoms with Crippen LogP contribution in [0.2, 0.25) is 0 Å². The molecule has 0 aromatic rings. The van der Waals surface area contributed by atoms with Gasteiger partial charge in [-0.05, 0) is 96.9 Å². The van der Waals surface area contributed by atoms with Crippen LogP contribution in [0.5, 0.6) is 0 Å². The lowest BCUT2D eigenvalue weighted by molar-refractivity contribution is -0.0874. The predicted octanol–water partition coefficient (Wildman–Crippen LogP) is 6.36. The van der Waals surface area contributed by atoms with E-state index in [1.165, 1.54) is 50.5 Å². The van der Waals surface area contributed by atoms with Gasteiger partial charge in [-0.25, -0.2) is 0 Å². The lowest BCUT2D eigenvalue weighted by Gasteiger charge is -2.60. The van der Waals surface area contributed by atoms with E-state index in [2.05, 4.69) is 34.6 Å². The number of hydrogen-bond donors (Lipinski definition) is 2. The van der Waals surface area contributed by atoms with Crippen molar-refractivity contribution < 1.29 is 10.2 Å². The van der Waals surface area contributed by atoms with Gasteiger partial charge in [0, 0.05) is 0 Å². The van der Waals surface area contributed by atoms with Crippen molar-refractivity contribution in [1.29, 1.82) is 0 Å². The highest BCUT2D eigenvalue weighted by Gasteiger charge is 2.60. The molecule has 0 bridgehead atoms. The molecule has 0 aromatic heterocycles. The fraction of sp³-hybridized carbons (Fsp3) is 0.926. The van der Waals surface area contributed by atoms with E-state index in [0.29, 0.717) is 17.3 Å². The van der Waals surface area contributed by atoms with Crippen molar-refractivity contribution >= 4 is 0 Å². The Bertz CT molecular complexity index is 624. The third-order valence-electron chi connectivity index (χ3n) is 10.3. The summed E-state index contributed by atoms with van der Waals surface area (Å²) in [6.45, 7) is 12.3. The van der Waals surface area contributed by atoms with Crippen LogP contribution in [0.1, 0.15) is 98.8 Å². The third kappa shape index (κ3) is 3.65. The Hall–Kier alpha value is -0.340. The van der Waals surface area contributed by atoms with Crippen molar-refractivity contribution in [3.05, 3.63) is 11.6 Å². The van der Waals surface area contributed by atoms with E-state index in [4.69, 9.17) is 0 Å². The van der Waals surface area contributed by atoms with E-state index < -0.39 is 0 Å². The Morgan fingerprint density at radius 2 is 1.72 bits per heavy atom. The zero-order valence-electron chi connectivity index (χ0n) is 19.7. The smallest absolute Gasteiger partial charge is 0.0759 e. The van der Waals surface area contributed by atoms with Crippen LogP contribution in [-0.2, 0) is 0 Å². The monoisotopic (exact) mass is 402 g/mol. The maximum atomic E-state index is 11.1. The molecule has 0 saturated heterocycles. The van der Waals surface area contributed by atoms with E-state index >= 15 is 0 Å². The van der Waals surface area contributed by atoms with E-state index in [1.54, 1.807) is 0 Å². The zero-order valence-corrected chi connectivity index (χ0v) is 19.7. The molecule has 0 unspecified atom stereocenters. The molecule has 3 saturated carbocycles. The van der Waals surface area contributed by atoms with Gasteiger partial charge in [-0.15, -0.1) is 0 Å². The second-order valence-electron chi connectivity index (χ2n) is 12.3. The van der Waals surface area contributed by atoms with Gasteiger partial charge in [0.2, 0.25) is 0 Å². The Labute approximate surface area is 179 Å². The van der Waals surface area contributed by atoms with Crippen molar-refractivity contribution in [2.75, 3.05) is 0 Å². The van der Waals surface area contributed by atoms with Crippen molar-refractivity contribution in [3.63, 3.8) is 0 Å². The molecule has 0 aliphatic heterocycles. The first-order chi connectivity index (χ1) is 13.7. The third-order valence-corrected chi connectivity index (χ3v) is 10.3. The average molecular weight is 403 g/mol. The second-order valence-corrected chi connectivity index (χ2v) is 12.3. The molecule has 9 atom stereocenters. The van der Waals surface area contributed by atoms with E-state index in [-0.39, 0.29) is 17.6 Å². The number of hydrogen-bond acceptors (Lipinski definition) is 2. The summed E-state index contributed by atoms with van der Waals surface area (Å²) in [5.74, 6) is 4.70. The summed E-state index contributed by atoms with van der Waals surface area (Å²) in [5, 5.41) is 21.3. The minimum atomic E-state index is -0.347. The summed E-state index contributed by atoms with van der Waals surface area (Å²) in [4.78, 5) is 0. The van der Waals surface area contributed by atoms with Crippen LogP contribution in [0.15, 0.2) is 11.6 Å². The van der Waals surface area contributed by atoms with Crippen LogP contribution < -0.4 is 0 Å². The molecule has 4 aliphatic carbocycles. The minimum absolute atomic E-state index is 0.115. The molecule has 3 fully saturated rings. The SMILES string of the molecule is CC(C)CCC[C@@H](C)[C@H]1CC[C@H]2[C@@H]3C[C@@H](O)C4=C[C@@H](O)CC[C@]4(C)[C@H]3CC[C@]12C. The zero-order chi connectivity index (χ0) is 21.0. The highest BCUT2D eigenvalue weighted by Crippen LogP contribution is 2.67. The number of rotatable bonds is 5. The lowest BCUT2D eigenvalue weighted by Crippen LogP contribution is -2.54. The molecule has 29 heavy (non-hydrogen) atoms. The Kier molecular flexibility index (Phi) is 6.01. The van der Waals surface area contributed by atoms with Gasteiger partial charge >= 0.3 is 0 Å². The van der Waals surface area contributed by atoms with E-state index in [1.807, 2.05) is 6.08 Å².